The van der Waals surface area contributed by atoms with Crippen LogP contribution in [0.3, 0.4) is 0 Å². The fourth-order valence-electron chi connectivity index (χ4n) is 3.74. The lowest BCUT2D eigenvalue weighted by Gasteiger charge is -2.17. The first-order chi connectivity index (χ1) is 13.3. The summed E-state index contributed by atoms with van der Waals surface area (Å²) in [6.07, 6.45) is 3.79. The number of aryl methyl sites for hydroxylation is 2. The first-order valence-electron chi connectivity index (χ1n) is 9.31. The van der Waals surface area contributed by atoms with E-state index in [2.05, 4.69) is 34.0 Å². The zero-order valence-electron chi connectivity index (χ0n) is 16.3. The van der Waals surface area contributed by atoms with E-state index in [0.717, 1.165) is 25.9 Å². The highest BCUT2D eigenvalue weighted by molar-refractivity contribution is 7.92. The van der Waals surface area contributed by atoms with E-state index in [9.17, 15) is 8.42 Å². The molecule has 9 heteroatoms. The van der Waals surface area contributed by atoms with Gasteiger partial charge in [0.05, 0.1) is 5.69 Å². The number of likely N-dealkylation sites (N-methyl/N-ethyl adjacent to an activating group) is 1. The number of imidazole rings is 1. The molecule has 2 aromatic heterocycles. The van der Waals surface area contributed by atoms with Crippen LogP contribution in [0, 0.1) is 6.92 Å². The van der Waals surface area contributed by atoms with Crippen LogP contribution >= 0.6 is 11.3 Å². The van der Waals surface area contributed by atoms with E-state index < -0.39 is 10.0 Å². The molecule has 0 fully saturated rings. The van der Waals surface area contributed by atoms with E-state index in [1.54, 1.807) is 17.5 Å². The van der Waals surface area contributed by atoms with Gasteiger partial charge in [-0.1, -0.05) is 6.07 Å². The molecule has 0 radical (unpaired) electrons. The van der Waals surface area contributed by atoms with Crippen LogP contribution in [0.25, 0.3) is 4.96 Å². The SMILES string of the molecule is Cc1nc2sccn2c1S(=O)(=O)Nc1ccc2c(c1)C(NCCN(C)C)CC2. The molecule has 0 aliphatic heterocycles. The molecule has 1 aliphatic rings. The predicted octanol–water partition coefficient (Wildman–Crippen LogP) is 2.64. The molecule has 0 saturated heterocycles. The Morgan fingerprint density at radius 1 is 1.36 bits per heavy atom. The number of anilines is 1. The lowest BCUT2D eigenvalue weighted by molar-refractivity contribution is 0.384. The second-order valence-corrected chi connectivity index (χ2v) is 9.90. The Bertz CT molecular complexity index is 1100. The number of aromatic nitrogens is 2. The molecule has 1 unspecified atom stereocenters. The van der Waals surface area contributed by atoms with Crippen molar-refractivity contribution >= 4 is 32.0 Å². The molecular formula is C19H25N5O2S2. The van der Waals surface area contributed by atoms with Crippen LogP contribution in [0.4, 0.5) is 5.69 Å². The second kappa shape index (κ2) is 7.47. The van der Waals surface area contributed by atoms with Crippen molar-refractivity contribution in [3.63, 3.8) is 0 Å². The molecular weight excluding hydrogens is 394 g/mol. The summed E-state index contributed by atoms with van der Waals surface area (Å²) >= 11 is 1.42. The van der Waals surface area contributed by atoms with Crippen molar-refractivity contribution in [1.29, 1.82) is 0 Å². The Labute approximate surface area is 169 Å². The first kappa shape index (κ1) is 19.4. The zero-order chi connectivity index (χ0) is 19.9. The summed E-state index contributed by atoms with van der Waals surface area (Å²) in [4.78, 5) is 7.17. The highest BCUT2D eigenvalue weighted by atomic mass is 32.2. The third kappa shape index (κ3) is 3.67. The second-order valence-electron chi connectivity index (χ2n) is 7.43. The highest BCUT2D eigenvalue weighted by Crippen LogP contribution is 2.34. The quantitative estimate of drug-likeness (QED) is 0.616. The standard InChI is InChI=1S/C19H25N5O2S2/c1-13-18(24-10-11-27-19(24)21-13)28(25,26)22-15-6-4-14-5-7-17(16(14)12-15)20-8-9-23(2)3/h4,6,10-12,17,20,22H,5,7-9H2,1-3H3. The fraction of sp³-hybridized carbons (Fsp3) is 0.421. The van der Waals surface area contributed by atoms with Gasteiger partial charge in [-0.25, -0.2) is 4.98 Å². The van der Waals surface area contributed by atoms with Gasteiger partial charge in [0.15, 0.2) is 9.99 Å². The average Bonchev–Trinajstić information content (AvgIpc) is 3.28. The molecule has 0 amide bonds. The maximum absolute atomic E-state index is 13.0. The maximum Gasteiger partial charge on any atom is 0.279 e. The maximum atomic E-state index is 13.0. The van der Waals surface area contributed by atoms with E-state index in [-0.39, 0.29) is 11.1 Å². The summed E-state index contributed by atoms with van der Waals surface area (Å²) in [5.74, 6) is 0. The minimum Gasteiger partial charge on any atom is -0.309 e. The normalized spacial score (nSPS) is 16.8. The molecule has 150 valence electrons. The number of rotatable bonds is 7. The van der Waals surface area contributed by atoms with Gasteiger partial charge in [-0.2, -0.15) is 8.42 Å². The Morgan fingerprint density at radius 2 is 2.18 bits per heavy atom. The van der Waals surface area contributed by atoms with Crippen LogP contribution in [0.15, 0.2) is 34.8 Å². The van der Waals surface area contributed by atoms with Gasteiger partial charge in [0.2, 0.25) is 0 Å². The summed E-state index contributed by atoms with van der Waals surface area (Å²) in [5, 5.41) is 5.62. The van der Waals surface area contributed by atoms with Crippen molar-refractivity contribution < 1.29 is 8.42 Å². The number of sulfonamides is 1. The van der Waals surface area contributed by atoms with Gasteiger partial charge < -0.3 is 10.2 Å². The zero-order valence-corrected chi connectivity index (χ0v) is 17.9. The van der Waals surface area contributed by atoms with Gasteiger partial charge in [-0.15, -0.1) is 11.3 Å². The largest absolute Gasteiger partial charge is 0.309 e. The molecule has 4 rings (SSSR count). The minimum atomic E-state index is -3.73. The molecule has 2 N–H and O–H groups in total. The third-order valence-corrected chi connectivity index (χ3v) is 7.32. The number of hydrogen-bond donors (Lipinski definition) is 2. The number of fused-ring (bicyclic) bond motifs is 2. The Kier molecular flexibility index (Phi) is 5.17. The van der Waals surface area contributed by atoms with Crippen molar-refractivity contribution in [2.24, 2.45) is 0 Å². The van der Waals surface area contributed by atoms with Gasteiger partial charge in [0, 0.05) is 36.4 Å². The van der Waals surface area contributed by atoms with Gasteiger partial charge >= 0.3 is 0 Å². The van der Waals surface area contributed by atoms with Crippen LogP contribution in [0.1, 0.15) is 29.3 Å². The molecule has 0 saturated carbocycles. The molecule has 3 aromatic rings. The first-order valence-corrected chi connectivity index (χ1v) is 11.7. The molecule has 2 heterocycles. The molecule has 28 heavy (non-hydrogen) atoms. The summed E-state index contributed by atoms with van der Waals surface area (Å²) in [7, 11) is 0.381. The van der Waals surface area contributed by atoms with E-state index in [1.807, 2.05) is 23.6 Å². The van der Waals surface area contributed by atoms with Crippen LogP contribution < -0.4 is 10.0 Å². The third-order valence-electron chi connectivity index (χ3n) is 5.06. The number of benzene rings is 1. The van der Waals surface area contributed by atoms with Gasteiger partial charge in [0.1, 0.15) is 0 Å². The molecule has 0 bridgehead atoms. The van der Waals surface area contributed by atoms with Crippen LogP contribution in [0.5, 0.6) is 0 Å². The van der Waals surface area contributed by atoms with Crippen LogP contribution in [-0.4, -0.2) is 49.9 Å². The average molecular weight is 420 g/mol. The molecule has 1 aromatic carbocycles. The number of nitrogens with one attached hydrogen (secondary N) is 2. The smallest absolute Gasteiger partial charge is 0.279 e. The molecule has 7 nitrogen and oxygen atoms in total. The Hall–Kier alpha value is -1.94. The van der Waals surface area contributed by atoms with E-state index in [0.29, 0.717) is 16.3 Å². The van der Waals surface area contributed by atoms with Gasteiger partial charge in [-0.3, -0.25) is 9.12 Å². The molecule has 1 atom stereocenters. The van der Waals surface area contributed by atoms with E-state index in [4.69, 9.17) is 0 Å². The lowest BCUT2D eigenvalue weighted by atomic mass is 10.1. The van der Waals surface area contributed by atoms with Crippen molar-refractivity contribution in [2.75, 3.05) is 31.9 Å². The van der Waals surface area contributed by atoms with Gasteiger partial charge in [0.25, 0.3) is 10.0 Å². The van der Waals surface area contributed by atoms with E-state index in [1.165, 1.54) is 22.5 Å². The topological polar surface area (TPSA) is 78.7 Å². The highest BCUT2D eigenvalue weighted by Gasteiger charge is 2.26. The Balaban J connectivity index is 1.57. The number of thiazole rings is 1. The Morgan fingerprint density at radius 3 is 2.96 bits per heavy atom. The van der Waals surface area contributed by atoms with Crippen molar-refractivity contribution in [1.82, 2.24) is 19.6 Å². The van der Waals surface area contributed by atoms with Gasteiger partial charge in [-0.05, 0) is 57.1 Å². The predicted molar refractivity (Wildman–Crippen MR) is 113 cm³/mol. The van der Waals surface area contributed by atoms with Crippen molar-refractivity contribution in [2.45, 2.75) is 30.8 Å². The van der Waals surface area contributed by atoms with Crippen molar-refractivity contribution in [3.05, 3.63) is 46.6 Å². The number of hydrogen-bond acceptors (Lipinski definition) is 6. The van der Waals surface area contributed by atoms with E-state index >= 15 is 0 Å². The summed E-state index contributed by atoms with van der Waals surface area (Å²) < 4.78 is 30.4. The molecule has 0 spiro atoms. The van der Waals surface area contributed by atoms with Crippen molar-refractivity contribution in [3.8, 4) is 0 Å². The fourth-order valence-corrected chi connectivity index (χ4v) is 5.93. The summed E-state index contributed by atoms with van der Waals surface area (Å²) in [6, 6.07) is 6.11. The number of nitrogens with zero attached hydrogens (tertiary/aromatic N) is 3. The van der Waals surface area contributed by atoms with Crippen LogP contribution in [-0.2, 0) is 16.4 Å². The lowest BCUT2D eigenvalue weighted by Crippen LogP contribution is -2.28. The monoisotopic (exact) mass is 419 g/mol. The minimum absolute atomic E-state index is 0.199. The summed E-state index contributed by atoms with van der Waals surface area (Å²) in [6.45, 7) is 3.59. The summed E-state index contributed by atoms with van der Waals surface area (Å²) in [5.41, 5.74) is 3.56. The molecule has 1 aliphatic carbocycles. The van der Waals surface area contributed by atoms with Crippen LogP contribution in [0.2, 0.25) is 0 Å².